The molecule has 1 aliphatic heterocycles. The van der Waals surface area contributed by atoms with Crippen molar-refractivity contribution in [3.8, 4) is 5.75 Å². The van der Waals surface area contributed by atoms with Gasteiger partial charge in [-0.1, -0.05) is 18.2 Å². The van der Waals surface area contributed by atoms with E-state index in [2.05, 4.69) is 5.32 Å². The van der Waals surface area contributed by atoms with Crippen molar-refractivity contribution in [2.75, 3.05) is 6.54 Å². The molecule has 4 unspecified atom stereocenters. The van der Waals surface area contributed by atoms with Gasteiger partial charge in [0.25, 0.3) is 0 Å². The lowest BCUT2D eigenvalue weighted by Gasteiger charge is -2.36. The highest BCUT2D eigenvalue weighted by Crippen LogP contribution is 2.21. The molecule has 1 aliphatic rings. The van der Waals surface area contributed by atoms with Crippen LogP contribution in [0, 0.1) is 0 Å². The topological polar surface area (TPSA) is 93.0 Å². The first kappa shape index (κ1) is 12.3. The van der Waals surface area contributed by atoms with Crippen LogP contribution in [0.4, 0.5) is 0 Å². The zero-order valence-corrected chi connectivity index (χ0v) is 9.32. The number of piperidine rings is 1. The number of aromatic hydroxyl groups is 1. The van der Waals surface area contributed by atoms with E-state index in [0.717, 1.165) is 0 Å². The van der Waals surface area contributed by atoms with E-state index >= 15 is 0 Å². The van der Waals surface area contributed by atoms with E-state index < -0.39 is 18.3 Å². The highest BCUT2D eigenvalue weighted by Gasteiger charge is 2.36. The third-order valence-electron chi connectivity index (χ3n) is 3.18. The first-order chi connectivity index (χ1) is 8.09. The molecule has 1 aromatic carbocycles. The molecule has 0 bridgehead atoms. The molecule has 0 amide bonds. The number of hydrogen-bond acceptors (Lipinski definition) is 5. The molecular weight excluding hydrogens is 222 g/mol. The smallest absolute Gasteiger partial charge is 0.118 e. The summed E-state index contributed by atoms with van der Waals surface area (Å²) in [7, 11) is 0. The number of para-hydroxylation sites is 1. The summed E-state index contributed by atoms with van der Waals surface area (Å²) >= 11 is 0. The van der Waals surface area contributed by atoms with Gasteiger partial charge in [-0.2, -0.15) is 0 Å². The number of hydrogen-bond donors (Lipinski definition) is 5. The van der Waals surface area contributed by atoms with E-state index in [1.54, 1.807) is 24.3 Å². The maximum Gasteiger partial charge on any atom is 0.118 e. The second kappa shape index (κ2) is 5.01. The van der Waals surface area contributed by atoms with Crippen LogP contribution in [0.2, 0.25) is 0 Å². The van der Waals surface area contributed by atoms with Gasteiger partial charge in [-0.25, -0.2) is 0 Å². The molecule has 1 saturated heterocycles. The fourth-order valence-electron chi connectivity index (χ4n) is 2.09. The average Bonchev–Trinajstić information content (AvgIpc) is 2.32. The van der Waals surface area contributed by atoms with Crippen molar-refractivity contribution in [3.63, 3.8) is 0 Å². The Morgan fingerprint density at radius 1 is 1.12 bits per heavy atom. The van der Waals surface area contributed by atoms with Crippen molar-refractivity contribution < 1.29 is 20.4 Å². The van der Waals surface area contributed by atoms with Crippen LogP contribution in [-0.4, -0.2) is 51.3 Å². The van der Waals surface area contributed by atoms with Gasteiger partial charge in [-0.05, 0) is 18.1 Å². The minimum absolute atomic E-state index is 0.169. The lowest BCUT2D eigenvalue weighted by Crippen LogP contribution is -2.60. The molecule has 1 fully saturated rings. The highest BCUT2D eigenvalue weighted by molar-refractivity contribution is 5.32. The fourth-order valence-corrected chi connectivity index (χ4v) is 2.09. The number of aliphatic hydroxyl groups excluding tert-OH is 3. The molecule has 2 rings (SSSR count). The first-order valence-electron chi connectivity index (χ1n) is 5.64. The average molecular weight is 239 g/mol. The molecule has 5 nitrogen and oxygen atoms in total. The number of phenols is 1. The van der Waals surface area contributed by atoms with Gasteiger partial charge in [0.15, 0.2) is 0 Å². The molecule has 4 atom stereocenters. The van der Waals surface area contributed by atoms with Crippen molar-refractivity contribution >= 4 is 0 Å². The predicted octanol–water partition coefficient (Wildman–Crippen LogP) is -1.01. The quantitative estimate of drug-likeness (QED) is 0.456. The highest BCUT2D eigenvalue weighted by atomic mass is 16.4. The number of benzene rings is 1. The van der Waals surface area contributed by atoms with Crippen LogP contribution in [0.25, 0.3) is 0 Å². The third-order valence-corrected chi connectivity index (χ3v) is 3.18. The molecule has 0 aromatic heterocycles. The largest absolute Gasteiger partial charge is 0.508 e. The molecule has 5 heteroatoms. The van der Waals surface area contributed by atoms with Crippen LogP contribution in [0.15, 0.2) is 24.3 Å². The summed E-state index contributed by atoms with van der Waals surface area (Å²) < 4.78 is 0. The van der Waals surface area contributed by atoms with E-state index in [4.69, 9.17) is 0 Å². The lowest BCUT2D eigenvalue weighted by molar-refractivity contribution is -0.0938. The molecule has 1 heterocycles. The predicted molar refractivity (Wildman–Crippen MR) is 61.6 cm³/mol. The van der Waals surface area contributed by atoms with Gasteiger partial charge >= 0.3 is 0 Å². The summed E-state index contributed by atoms with van der Waals surface area (Å²) in [6.45, 7) is 0.233. The van der Waals surface area contributed by atoms with Crippen molar-refractivity contribution in [1.82, 2.24) is 5.32 Å². The fraction of sp³-hybridized carbons (Fsp3) is 0.500. The van der Waals surface area contributed by atoms with Gasteiger partial charge < -0.3 is 25.7 Å². The van der Waals surface area contributed by atoms with E-state index in [0.29, 0.717) is 12.0 Å². The summed E-state index contributed by atoms with van der Waals surface area (Å²) in [5.41, 5.74) is 0.702. The number of phenolic OH excluding ortho intramolecular Hbond substituents is 1. The van der Waals surface area contributed by atoms with Crippen molar-refractivity contribution in [2.24, 2.45) is 0 Å². The second-order valence-corrected chi connectivity index (χ2v) is 4.40. The van der Waals surface area contributed by atoms with Crippen molar-refractivity contribution in [2.45, 2.75) is 30.8 Å². The molecular formula is C12H17NO4. The van der Waals surface area contributed by atoms with Crippen LogP contribution < -0.4 is 5.32 Å². The SMILES string of the molecule is Oc1ccccc1CC1NCC(O)C(O)C1O. The summed E-state index contributed by atoms with van der Waals surface area (Å²) in [5, 5.41) is 41.3. The first-order valence-corrected chi connectivity index (χ1v) is 5.64. The number of nitrogens with one attached hydrogen (secondary N) is 1. The second-order valence-electron chi connectivity index (χ2n) is 4.40. The van der Waals surface area contributed by atoms with E-state index in [-0.39, 0.29) is 18.3 Å². The molecule has 1 aromatic rings. The molecule has 94 valence electrons. The van der Waals surface area contributed by atoms with Crippen LogP contribution in [0.1, 0.15) is 5.56 Å². The van der Waals surface area contributed by atoms with Crippen LogP contribution in [0.5, 0.6) is 5.75 Å². The van der Waals surface area contributed by atoms with Crippen LogP contribution in [0.3, 0.4) is 0 Å². The normalized spacial score (nSPS) is 33.6. The minimum atomic E-state index is -1.15. The summed E-state index contributed by atoms with van der Waals surface area (Å²) in [6.07, 6.45) is -2.74. The Kier molecular flexibility index (Phi) is 3.63. The Balaban J connectivity index is 2.07. The number of aliphatic hydroxyl groups is 3. The maximum atomic E-state index is 9.81. The maximum absolute atomic E-state index is 9.81. The Labute approximate surface area is 99.3 Å². The van der Waals surface area contributed by atoms with Crippen molar-refractivity contribution in [3.05, 3.63) is 29.8 Å². The van der Waals surface area contributed by atoms with Crippen LogP contribution >= 0.6 is 0 Å². The van der Waals surface area contributed by atoms with Gasteiger partial charge in [0, 0.05) is 12.6 Å². The Bertz CT molecular complexity index is 385. The molecule has 0 saturated carbocycles. The zero-order valence-electron chi connectivity index (χ0n) is 9.32. The molecule has 0 aliphatic carbocycles. The zero-order chi connectivity index (χ0) is 12.4. The van der Waals surface area contributed by atoms with Gasteiger partial charge in [0.2, 0.25) is 0 Å². The van der Waals surface area contributed by atoms with Crippen LogP contribution in [-0.2, 0) is 6.42 Å². The summed E-state index contributed by atoms with van der Waals surface area (Å²) in [5.74, 6) is 0.169. The Hall–Kier alpha value is -1.14. The molecule has 0 spiro atoms. The van der Waals surface area contributed by atoms with E-state index in [1.165, 1.54) is 0 Å². The lowest BCUT2D eigenvalue weighted by atomic mass is 9.91. The third kappa shape index (κ3) is 2.58. The van der Waals surface area contributed by atoms with E-state index in [1.807, 2.05) is 0 Å². The Morgan fingerprint density at radius 2 is 1.82 bits per heavy atom. The summed E-state index contributed by atoms with van der Waals surface area (Å²) in [6, 6.07) is 6.50. The van der Waals surface area contributed by atoms with Gasteiger partial charge in [0.05, 0.1) is 12.2 Å². The minimum Gasteiger partial charge on any atom is -0.508 e. The number of β-amino-alcohol motifs (C(OH)–C–C–N with tert-alkyl or cyclic N) is 1. The Morgan fingerprint density at radius 3 is 2.53 bits per heavy atom. The monoisotopic (exact) mass is 239 g/mol. The van der Waals surface area contributed by atoms with E-state index in [9.17, 15) is 20.4 Å². The van der Waals surface area contributed by atoms with Gasteiger partial charge in [-0.3, -0.25) is 0 Å². The van der Waals surface area contributed by atoms with Gasteiger partial charge in [0.1, 0.15) is 11.9 Å². The standard InChI is InChI=1S/C12H17NO4/c14-9-4-2-1-3-7(9)5-8-11(16)12(17)10(15)6-13-8/h1-4,8,10-17H,5-6H2. The van der Waals surface area contributed by atoms with Crippen molar-refractivity contribution in [1.29, 1.82) is 0 Å². The molecule has 0 radical (unpaired) electrons. The van der Waals surface area contributed by atoms with Gasteiger partial charge in [-0.15, -0.1) is 0 Å². The molecule has 5 N–H and O–H groups in total. The molecule has 17 heavy (non-hydrogen) atoms. The summed E-state index contributed by atoms with van der Waals surface area (Å²) in [4.78, 5) is 0. The number of rotatable bonds is 2.